The molecule has 0 fully saturated rings. The number of aliphatic imine (C=N–C) groups is 1. The predicted molar refractivity (Wildman–Crippen MR) is 66.4 cm³/mol. The Balaban J connectivity index is 2.41. The lowest BCUT2D eigenvalue weighted by Gasteiger charge is -2.29. The van der Waals surface area contributed by atoms with E-state index in [-0.39, 0.29) is 6.17 Å². The summed E-state index contributed by atoms with van der Waals surface area (Å²) in [6.45, 7) is 0. The first kappa shape index (κ1) is 11.0. The first-order valence-electron chi connectivity index (χ1n) is 4.78. The molecule has 0 radical (unpaired) electrons. The number of hydrogen-bond donors (Lipinski definition) is 2. The molecule has 0 aliphatic carbocycles. The molecule has 0 saturated heterocycles. The van der Waals surface area contributed by atoms with E-state index in [0.29, 0.717) is 11.7 Å². The highest BCUT2D eigenvalue weighted by atomic mass is 32.2. The fourth-order valence-electron chi connectivity index (χ4n) is 1.47. The van der Waals surface area contributed by atoms with Crippen molar-refractivity contribution in [3.63, 3.8) is 0 Å². The summed E-state index contributed by atoms with van der Waals surface area (Å²) in [6.07, 6.45) is 5.09. The third-order valence-corrected chi connectivity index (χ3v) is 2.96. The van der Waals surface area contributed by atoms with E-state index in [9.17, 15) is 0 Å². The monoisotopic (exact) mass is 235 g/mol. The highest BCUT2D eigenvalue weighted by Gasteiger charge is 2.23. The lowest BCUT2D eigenvalue weighted by Crippen LogP contribution is -2.43. The zero-order chi connectivity index (χ0) is 11.5. The Bertz CT molecular complexity index is 428. The minimum Gasteiger partial charge on any atom is -0.384 e. The molecule has 0 saturated carbocycles. The van der Waals surface area contributed by atoms with Gasteiger partial charge in [0.05, 0.1) is 0 Å². The van der Waals surface area contributed by atoms with Gasteiger partial charge >= 0.3 is 0 Å². The van der Waals surface area contributed by atoms with Crippen LogP contribution in [0.4, 0.5) is 0 Å². The summed E-state index contributed by atoms with van der Waals surface area (Å²) >= 11 is 1.50. The minimum absolute atomic E-state index is 0.274. The largest absolute Gasteiger partial charge is 0.384 e. The second kappa shape index (κ2) is 4.54. The zero-order valence-electron chi connectivity index (χ0n) is 8.87. The van der Waals surface area contributed by atoms with Gasteiger partial charge in [0.2, 0.25) is 0 Å². The molecule has 5 nitrogen and oxygen atoms in total. The summed E-state index contributed by atoms with van der Waals surface area (Å²) < 4.78 is 1.87. The third kappa shape index (κ3) is 2.02. The van der Waals surface area contributed by atoms with Gasteiger partial charge in [-0.05, 0) is 18.2 Å². The van der Waals surface area contributed by atoms with Crippen molar-refractivity contribution in [1.29, 1.82) is 0 Å². The lowest BCUT2D eigenvalue weighted by atomic mass is 10.3. The van der Waals surface area contributed by atoms with Crippen molar-refractivity contribution in [2.24, 2.45) is 16.5 Å². The summed E-state index contributed by atoms with van der Waals surface area (Å²) in [6, 6.07) is 5.65. The molecule has 84 valence electrons. The molecule has 2 heterocycles. The fraction of sp³-hybridized carbons (Fsp3) is 0.200. The number of pyridine rings is 1. The van der Waals surface area contributed by atoms with E-state index in [0.717, 1.165) is 5.69 Å². The maximum absolute atomic E-state index is 5.95. The lowest BCUT2D eigenvalue weighted by molar-refractivity contribution is 0.561. The first-order valence-corrected chi connectivity index (χ1v) is 5.97. The van der Waals surface area contributed by atoms with Gasteiger partial charge in [-0.2, -0.15) is 0 Å². The van der Waals surface area contributed by atoms with Crippen LogP contribution in [0.15, 0.2) is 41.3 Å². The number of hydrogen-bond acceptors (Lipinski definition) is 6. The summed E-state index contributed by atoms with van der Waals surface area (Å²) in [5.41, 5.74) is 12.4. The van der Waals surface area contributed by atoms with Crippen LogP contribution in [0.3, 0.4) is 0 Å². The van der Waals surface area contributed by atoms with E-state index < -0.39 is 0 Å². The normalized spacial score (nSPS) is 20.4. The first-order chi connectivity index (χ1) is 7.72. The molecule has 4 N–H and O–H groups in total. The number of amidine groups is 1. The maximum atomic E-state index is 5.95. The molecule has 1 aromatic heterocycles. The SMILES string of the molecule is CSN1C(c2ccccn2)=NC(N)=CC1N. The van der Waals surface area contributed by atoms with Gasteiger partial charge in [0.25, 0.3) is 0 Å². The van der Waals surface area contributed by atoms with E-state index in [2.05, 4.69) is 9.98 Å². The van der Waals surface area contributed by atoms with Crippen molar-refractivity contribution in [2.45, 2.75) is 6.17 Å². The Labute approximate surface area is 98.4 Å². The van der Waals surface area contributed by atoms with Crippen molar-refractivity contribution in [1.82, 2.24) is 9.29 Å². The van der Waals surface area contributed by atoms with Crippen molar-refractivity contribution >= 4 is 17.8 Å². The topological polar surface area (TPSA) is 80.5 Å². The molecule has 1 aliphatic rings. The molecule has 2 rings (SSSR count). The van der Waals surface area contributed by atoms with E-state index in [1.165, 1.54) is 11.9 Å². The summed E-state index contributed by atoms with van der Waals surface area (Å²) in [7, 11) is 0. The van der Waals surface area contributed by atoms with Crippen molar-refractivity contribution in [3.05, 3.63) is 42.0 Å². The van der Waals surface area contributed by atoms with Crippen LogP contribution in [0.2, 0.25) is 0 Å². The average molecular weight is 235 g/mol. The molecular formula is C10H13N5S. The van der Waals surface area contributed by atoms with Crippen LogP contribution in [0.5, 0.6) is 0 Å². The highest BCUT2D eigenvalue weighted by molar-refractivity contribution is 7.96. The van der Waals surface area contributed by atoms with Crippen LogP contribution in [-0.2, 0) is 0 Å². The summed E-state index contributed by atoms with van der Waals surface area (Å²) in [5, 5.41) is 0. The third-order valence-electron chi connectivity index (χ3n) is 2.15. The standard InChI is InChI=1S/C10H13N5S/c1-16-15-9(12)6-8(11)14-10(15)7-4-2-3-5-13-7/h2-6,9H,11-12H2,1H3. The molecule has 1 atom stereocenters. The Morgan fingerprint density at radius 2 is 2.25 bits per heavy atom. The van der Waals surface area contributed by atoms with Crippen molar-refractivity contribution < 1.29 is 0 Å². The maximum Gasteiger partial charge on any atom is 0.168 e. The summed E-state index contributed by atoms with van der Waals surface area (Å²) in [5.74, 6) is 1.12. The van der Waals surface area contributed by atoms with E-state index >= 15 is 0 Å². The van der Waals surface area contributed by atoms with Crippen LogP contribution in [-0.4, -0.2) is 27.5 Å². The van der Waals surface area contributed by atoms with Crippen LogP contribution in [0.25, 0.3) is 0 Å². The van der Waals surface area contributed by atoms with Gasteiger partial charge in [-0.25, -0.2) is 4.99 Å². The average Bonchev–Trinajstić information content (AvgIpc) is 2.29. The molecule has 1 aliphatic heterocycles. The molecule has 16 heavy (non-hydrogen) atoms. The van der Waals surface area contributed by atoms with Gasteiger partial charge in [0, 0.05) is 12.5 Å². The fourth-order valence-corrected chi connectivity index (χ4v) is 2.08. The van der Waals surface area contributed by atoms with Gasteiger partial charge in [-0.15, -0.1) is 0 Å². The molecular weight excluding hydrogens is 222 g/mol. The Morgan fingerprint density at radius 3 is 2.88 bits per heavy atom. The van der Waals surface area contributed by atoms with E-state index in [4.69, 9.17) is 11.5 Å². The molecule has 6 heteroatoms. The van der Waals surface area contributed by atoms with Crippen LogP contribution >= 0.6 is 11.9 Å². The highest BCUT2D eigenvalue weighted by Crippen LogP contribution is 2.19. The Hall–Kier alpha value is -1.53. The molecule has 1 aromatic rings. The molecule has 0 aromatic carbocycles. The second-order valence-corrected chi connectivity index (χ2v) is 4.00. The number of rotatable bonds is 2. The van der Waals surface area contributed by atoms with Gasteiger partial charge in [0.15, 0.2) is 5.84 Å². The molecule has 0 bridgehead atoms. The minimum atomic E-state index is -0.274. The van der Waals surface area contributed by atoms with Crippen molar-refractivity contribution in [3.8, 4) is 0 Å². The molecule has 0 amide bonds. The van der Waals surface area contributed by atoms with E-state index in [1.807, 2.05) is 28.8 Å². The van der Waals surface area contributed by atoms with Crippen molar-refractivity contribution in [2.75, 3.05) is 6.26 Å². The molecule has 1 unspecified atom stereocenters. The van der Waals surface area contributed by atoms with Crippen LogP contribution in [0.1, 0.15) is 5.69 Å². The van der Waals surface area contributed by atoms with Crippen LogP contribution < -0.4 is 11.5 Å². The number of nitrogens with two attached hydrogens (primary N) is 2. The van der Waals surface area contributed by atoms with E-state index in [1.54, 1.807) is 12.3 Å². The Kier molecular flexibility index (Phi) is 3.12. The molecule has 0 spiro atoms. The van der Waals surface area contributed by atoms with Gasteiger partial charge in [-0.3, -0.25) is 9.29 Å². The summed E-state index contributed by atoms with van der Waals surface area (Å²) in [4.78, 5) is 8.52. The van der Waals surface area contributed by atoms with Gasteiger partial charge in [0.1, 0.15) is 17.7 Å². The second-order valence-electron chi connectivity index (χ2n) is 3.24. The number of aromatic nitrogens is 1. The smallest absolute Gasteiger partial charge is 0.168 e. The number of nitrogens with zero attached hydrogens (tertiary/aromatic N) is 3. The Morgan fingerprint density at radius 1 is 1.44 bits per heavy atom. The quantitative estimate of drug-likeness (QED) is 0.730. The van der Waals surface area contributed by atoms with Gasteiger partial charge < -0.3 is 11.5 Å². The predicted octanol–water partition coefficient (Wildman–Crippen LogP) is 0.507. The van der Waals surface area contributed by atoms with Gasteiger partial charge in [-0.1, -0.05) is 18.0 Å². The zero-order valence-corrected chi connectivity index (χ0v) is 9.69. The van der Waals surface area contributed by atoms with Crippen LogP contribution in [0, 0.1) is 0 Å².